The van der Waals surface area contributed by atoms with E-state index in [-0.39, 0.29) is 11.5 Å². The van der Waals surface area contributed by atoms with Gasteiger partial charge in [-0.1, -0.05) is 42.5 Å². The van der Waals surface area contributed by atoms with Crippen LogP contribution >= 0.6 is 0 Å². The van der Waals surface area contributed by atoms with Crippen LogP contribution in [0.4, 0.5) is 5.69 Å². The fraction of sp³-hybridized carbons (Fsp3) is 0.0476. The van der Waals surface area contributed by atoms with E-state index in [2.05, 4.69) is 5.32 Å². The van der Waals surface area contributed by atoms with E-state index in [1.807, 2.05) is 42.5 Å². The van der Waals surface area contributed by atoms with E-state index in [4.69, 9.17) is 10.5 Å². The maximum absolute atomic E-state index is 12.5. The van der Waals surface area contributed by atoms with Gasteiger partial charge in [-0.3, -0.25) is 9.59 Å². The molecule has 0 spiro atoms. The van der Waals surface area contributed by atoms with Crippen LogP contribution in [0.5, 0.6) is 5.75 Å². The highest BCUT2D eigenvalue weighted by atomic mass is 16.5. The molecule has 26 heavy (non-hydrogen) atoms. The molecule has 3 N–H and O–H groups in total. The molecule has 0 unspecified atom stereocenters. The van der Waals surface area contributed by atoms with Crippen molar-refractivity contribution in [2.45, 2.75) is 0 Å². The van der Waals surface area contributed by atoms with Crippen LogP contribution < -0.4 is 15.8 Å². The van der Waals surface area contributed by atoms with E-state index in [0.717, 1.165) is 11.1 Å². The predicted octanol–water partition coefficient (Wildman–Crippen LogP) is 3.71. The standard InChI is InChI=1S/C21H18N2O3/c1-26-17-11-12-19(18(13-17)20(22)24)23-21(25)16-9-7-15(8-10-16)14-5-3-2-4-6-14/h2-13H,1H3,(H2,22,24)(H,23,25). The fourth-order valence-corrected chi connectivity index (χ4v) is 2.60. The van der Waals surface area contributed by atoms with Crippen molar-refractivity contribution in [1.29, 1.82) is 0 Å². The fourth-order valence-electron chi connectivity index (χ4n) is 2.60. The van der Waals surface area contributed by atoms with Gasteiger partial charge in [0, 0.05) is 5.56 Å². The second kappa shape index (κ2) is 7.53. The zero-order valence-electron chi connectivity index (χ0n) is 14.2. The molecule has 3 aromatic carbocycles. The smallest absolute Gasteiger partial charge is 0.255 e. The van der Waals surface area contributed by atoms with Gasteiger partial charge in [-0.2, -0.15) is 0 Å². The Labute approximate surface area is 151 Å². The van der Waals surface area contributed by atoms with Crippen LogP contribution in [-0.2, 0) is 0 Å². The number of rotatable bonds is 5. The molecule has 0 saturated carbocycles. The Bertz CT molecular complexity index is 935. The third-order valence-electron chi connectivity index (χ3n) is 3.99. The molecule has 0 atom stereocenters. The van der Waals surface area contributed by atoms with Gasteiger partial charge in [0.15, 0.2) is 0 Å². The first-order valence-electron chi connectivity index (χ1n) is 8.03. The summed E-state index contributed by atoms with van der Waals surface area (Å²) in [4.78, 5) is 24.1. The zero-order chi connectivity index (χ0) is 18.5. The molecule has 5 heteroatoms. The molecular weight excluding hydrogens is 328 g/mol. The van der Waals surface area contributed by atoms with E-state index in [0.29, 0.717) is 17.0 Å². The molecule has 130 valence electrons. The maximum atomic E-state index is 12.5. The number of hydrogen-bond donors (Lipinski definition) is 2. The van der Waals surface area contributed by atoms with Crippen molar-refractivity contribution in [3.63, 3.8) is 0 Å². The van der Waals surface area contributed by atoms with Gasteiger partial charge in [-0.25, -0.2) is 0 Å². The minimum absolute atomic E-state index is 0.193. The second-order valence-corrected chi connectivity index (χ2v) is 5.67. The molecule has 2 amide bonds. The van der Waals surface area contributed by atoms with E-state index in [9.17, 15) is 9.59 Å². The van der Waals surface area contributed by atoms with Crippen LogP contribution in [0.1, 0.15) is 20.7 Å². The number of primary amides is 1. The highest BCUT2D eigenvalue weighted by molar-refractivity contribution is 6.09. The van der Waals surface area contributed by atoms with Crippen LogP contribution in [-0.4, -0.2) is 18.9 Å². The van der Waals surface area contributed by atoms with E-state index in [1.165, 1.54) is 13.2 Å². The van der Waals surface area contributed by atoms with Gasteiger partial charge in [0.05, 0.1) is 18.4 Å². The van der Waals surface area contributed by atoms with Crippen molar-refractivity contribution in [1.82, 2.24) is 0 Å². The highest BCUT2D eigenvalue weighted by Gasteiger charge is 2.13. The SMILES string of the molecule is COc1ccc(NC(=O)c2ccc(-c3ccccc3)cc2)c(C(N)=O)c1. The van der Waals surface area contributed by atoms with E-state index >= 15 is 0 Å². The summed E-state index contributed by atoms with van der Waals surface area (Å²) in [5.74, 6) is -0.472. The number of methoxy groups -OCH3 is 1. The summed E-state index contributed by atoms with van der Waals surface area (Å²) >= 11 is 0. The van der Waals surface area contributed by atoms with Crippen molar-refractivity contribution in [2.75, 3.05) is 12.4 Å². The molecule has 5 nitrogen and oxygen atoms in total. The van der Waals surface area contributed by atoms with Crippen LogP contribution in [0.25, 0.3) is 11.1 Å². The molecule has 0 aromatic heterocycles. The Morgan fingerprint density at radius 3 is 2.15 bits per heavy atom. The van der Waals surface area contributed by atoms with Crippen molar-refractivity contribution >= 4 is 17.5 Å². The molecule has 0 aliphatic carbocycles. The highest BCUT2D eigenvalue weighted by Crippen LogP contribution is 2.23. The number of nitrogens with two attached hydrogens (primary N) is 1. The van der Waals surface area contributed by atoms with Gasteiger partial charge < -0.3 is 15.8 Å². The lowest BCUT2D eigenvalue weighted by molar-refractivity contribution is 0.100. The third-order valence-corrected chi connectivity index (χ3v) is 3.99. The summed E-state index contributed by atoms with van der Waals surface area (Å²) < 4.78 is 5.08. The summed E-state index contributed by atoms with van der Waals surface area (Å²) in [5.41, 5.74) is 8.50. The Morgan fingerprint density at radius 2 is 1.54 bits per heavy atom. The molecule has 0 aliphatic rings. The van der Waals surface area contributed by atoms with Crippen molar-refractivity contribution < 1.29 is 14.3 Å². The van der Waals surface area contributed by atoms with E-state index < -0.39 is 5.91 Å². The number of nitrogens with one attached hydrogen (secondary N) is 1. The molecular formula is C21H18N2O3. The van der Waals surface area contributed by atoms with Crippen molar-refractivity contribution in [3.05, 3.63) is 83.9 Å². The van der Waals surface area contributed by atoms with Gasteiger partial charge in [-0.05, 0) is 41.5 Å². The summed E-state index contributed by atoms with van der Waals surface area (Å²) in [7, 11) is 1.49. The van der Waals surface area contributed by atoms with Crippen LogP contribution in [0, 0.1) is 0 Å². The summed E-state index contributed by atoms with van der Waals surface area (Å²) in [5, 5.41) is 2.72. The Morgan fingerprint density at radius 1 is 0.885 bits per heavy atom. The van der Waals surface area contributed by atoms with Crippen molar-refractivity contribution in [3.8, 4) is 16.9 Å². The number of ether oxygens (including phenoxy) is 1. The number of amides is 2. The first-order valence-corrected chi connectivity index (χ1v) is 8.03. The summed E-state index contributed by atoms with van der Waals surface area (Å²) in [6, 6.07) is 21.9. The van der Waals surface area contributed by atoms with Crippen molar-refractivity contribution in [2.24, 2.45) is 5.73 Å². The number of benzene rings is 3. The quantitative estimate of drug-likeness (QED) is 0.739. The Hall–Kier alpha value is -3.60. The van der Waals surface area contributed by atoms with E-state index in [1.54, 1.807) is 24.3 Å². The molecule has 0 radical (unpaired) electrons. The average Bonchev–Trinajstić information content (AvgIpc) is 2.69. The first-order chi connectivity index (χ1) is 12.6. The minimum Gasteiger partial charge on any atom is -0.497 e. The van der Waals surface area contributed by atoms with Gasteiger partial charge >= 0.3 is 0 Å². The lowest BCUT2D eigenvalue weighted by atomic mass is 10.0. The molecule has 3 aromatic rings. The largest absolute Gasteiger partial charge is 0.497 e. The predicted molar refractivity (Wildman–Crippen MR) is 101 cm³/mol. The monoisotopic (exact) mass is 346 g/mol. The van der Waals surface area contributed by atoms with Crippen LogP contribution in [0.3, 0.4) is 0 Å². The molecule has 3 rings (SSSR count). The lowest BCUT2D eigenvalue weighted by Gasteiger charge is -2.11. The summed E-state index contributed by atoms with van der Waals surface area (Å²) in [6.45, 7) is 0. The number of carbonyl (C=O) groups is 2. The van der Waals surface area contributed by atoms with Gasteiger partial charge in [0.2, 0.25) is 0 Å². The number of hydrogen-bond acceptors (Lipinski definition) is 3. The molecule has 0 bridgehead atoms. The van der Waals surface area contributed by atoms with Gasteiger partial charge in [0.1, 0.15) is 5.75 Å². The minimum atomic E-state index is -0.640. The van der Waals surface area contributed by atoms with Crippen LogP contribution in [0.15, 0.2) is 72.8 Å². The second-order valence-electron chi connectivity index (χ2n) is 5.67. The maximum Gasteiger partial charge on any atom is 0.255 e. The number of carbonyl (C=O) groups excluding carboxylic acids is 2. The normalized spacial score (nSPS) is 10.2. The molecule has 0 aliphatic heterocycles. The van der Waals surface area contributed by atoms with Gasteiger partial charge in [-0.15, -0.1) is 0 Å². The molecule has 0 saturated heterocycles. The van der Waals surface area contributed by atoms with Crippen LogP contribution in [0.2, 0.25) is 0 Å². The number of anilines is 1. The Balaban J connectivity index is 1.81. The first kappa shape index (κ1) is 17.2. The third kappa shape index (κ3) is 3.72. The molecule has 0 fully saturated rings. The topological polar surface area (TPSA) is 81.4 Å². The lowest BCUT2D eigenvalue weighted by Crippen LogP contribution is -2.18. The average molecular weight is 346 g/mol. The summed E-state index contributed by atoms with van der Waals surface area (Å²) in [6.07, 6.45) is 0. The molecule has 0 heterocycles. The Kier molecular flexibility index (Phi) is 4.99. The zero-order valence-corrected chi connectivity index (χ0v) is 14.2. The van der Waals surface area contributed by atoms with Gasteiger partial charge in [0.25, 0.3) is 11.8 Å².